The molecule has 10 nitrogen and oxygen atoms in total. The Balaban J connectivity index is 1.60. The van der Waals surface area contributed by atoms with Crippen LogP contribution in [0.15, 0.2) is 6.20 Å². The summed E-state index contributed by atoms with van der Waals surface area (Å²) in [5.74, 6) is -0.0577. The first-order valence-corrected chi connectivity index (χ1v) is 10.8. The van der Waals surface area contributed by atoms with E-state index in [1.807, 2.05) is 6.20 Å². The number of nitrogens with zero attached hydrogens (tertiary/aromatic N) is 5. The van der Waals surface area contributed by atoms with Crippen LogP contribution in [-0.2, 0) is 14.4 Å². The number of likely N-dealkylation sites (tertiary alicyclic amines) is 2. The number of aliphatic hydroxyl groups is 1. The molecule has 10 heteroatoms. The third kappa shape index (κ3) is 4.05. The average molecular weight is 418 g/mol. The number of nitrogens with one attached hydrogen (secondary N) is 1. The van der Waals surface area contributed by atoms with Crippen LogP contribution in [0, 0.1) is 5.92 Å². The van der Waals surface area contributed by atoms with Crippen molar-refractivity contribution >= 4 is 17.7 Å². The maximum Gasteiger partial charge on any atom is 0.248 e. The molecule has 164 valence electrons. The zero-order valence-electron chi connectivity index (χ0n) is 17.5. The molecule has 0 unspecified atom stereocenters. The Labute approximate surface area is 175 Å². The Bertz CT molecular complexity index is 814. The predicted octanol–water partition coefficient (Wildman–Crippen LogP) is -0.337. The van der Waals surface area contributed by atoms with E-state index in [1.165, 1.54) is 11.9 Å². The maximum absolute atomic E-state index is 13.7. The van der Waals surface area contributed by atoms with Gasteiger partial charge in [0.1, 0.15) is 12.1 Å². The van der Waals surface area contributed by atoms with E-state index in [1.54, 1.807) is 16.5 Å². The van der Waals surface area contributed by atoms with E-state index < -0.39 is 18.2 Å². The Morgan fingerprint density at radius 1 is 1.20 bits per heavy atom. The van der Waals surface area contributed by atoms with Crippen molar-refractivity contribution in [2.75, 3.05) is 26.7 Å². The topological polar surface area (TPSA) is 121 Å². The molecule has 0 bridgehead atoms. The minimum Gasteiger partial charge on any atom is -0.391 e. The number of aromatic nitrogens is 3. The van der Waals surface area contributed by atoms with Crippen LogP contribution in [0.25, 0.3) is 0 Å². The molecule has 3 atom stereocenters. The number of carbonyl (C=O) groups is 3. The second kappa shape index (κ2) is 8.33. The van der Waals surface area contributed by atoms with Gasteiger partial charge in [0.15, 0.2) is 0 Å². The highest BCUT2D eigenvalue weighted by molar-refractivity contribution is 5.90. The van der Waals surface area contributed by atoms with E-state index in [-0.39, 0.29) is 36.6 Å². The molecule has 3 heterocycles. The molecular formula is C20H30N6O4. The van der Waals surface area contributed by atoms with Gasteiger partial charge in [-0.05, 0) is 31.6 Å². The van der Waals surface area contributed by atoms with Gasteiger partial charge in [0.2, 0.25) is 17.7 Å². The highest BCUT2D eigenvalue weighted by Gasteiger charge is 2.44. The molecule has 3 aliphatic rings. The molecule has 0 spiro atoms. The number of rotatable bonds is 5. The van der Waals surface area contributed by atoms with Gasteiger partial charge in [0.25, 0.3) is 0 Å². The van der Waals surface area contributed by atoms with E-state index in [9.17, 15) is 19.5 Å². The number of hydrogen-bond donors (Lipinski definition) is 2. The summed E-state index contributed by atoms with van der Waals surface area (Å²) in [4.78, 5) is 41.0. The fraction of sp³-hybridized carbons (Fsp3) is 0.750. The molecule has 1 aromatic rings. The van der Waals surface area contributed by atoms with Crippen molar-refractivity contribution in [1.29, 1.82) is 0 Å². The average Bonchev–Trinajstić information content (AvgIpc) is 3.35. The highest BCUT2D eigenvalue weighted by atomic mass is 16.3. The number of carbonyl (C=O) groups excluding carboxylic acids is 3. The van der Waals surface area contributed by atoms with Crippen LogP contribution in [0.1, 0.15) is 56.7 Å². The molecule has 4 rings (SSSR count). The number of hydrogen-bond acceptors (Lipinski definition) is 6. The van der Waals surface area contributed by atoms with Crippen molar-refractivity contribution in [3.05, 3.63) is 11.9 Å². The fourth-order valence-corrected chi connectivity index (χ4v) is 4.70. The van der Waals surface area contributed by atoms with E-state index >= 15 is 0 Å². The predicted molar refractivity (Wildman–Crippen MR) is 106 cm³/mol. The van der Waals surface area contributed by atoms with Crippen molar-refractivity contribution in [3.63, 3.8) is 0 Å². The molecular weight excluding hydrogens is 388 g/mol. The van der Waals surface area contributed by atoms with Crippen molar-refractivity contribution in [2.24, 2.45) is 5.92 Å². The summed E-state index contributed by atoms with van der Waals surface area (Å²) in [6.45, 7) is 2.87. The van der Waals surface area contributed by atoms with Gasteiger partial charge in [-0.3, -0.25) is 14.4 Å². The first kappa shape index (κ1) is 20.8. The molecule has 2 N–H and O–H groups in total. The molecule has 1 aliphatic carbocycles. The van der Waals surface area contributed by atoms with Gasteiger partial charge in [-0.1, -0.05) is 5.21 Å². The van der Waals surface area contributed by atoms with E-state index in [0.717, 1.165) is 18.5 Å². The van der Waals surface area contributed by atoms with Crippen molar-refractivity contribution in [2.45, 2.75) is 63.1 Å². The van der Waals surface area contributed by atoms with E-state index in [4.69, 9.17) is 0 Å². The van der Waals surface area contributed by atoms with Gasteiger partial charge in [-0.2, -0.15) is 0 Å². The Morgan fingerprint density at radius 3 is 2.50 bits per heavy atom. The van der Waals surface area contributed by atoms with Crippen LogP contribution >= 0.6 is 0 Å². The number of aliphatic hydroxyl groups excluding tert-OH is 1. The summed E-state index contributed by atoms with van der Waals surface area (Å²) in [7, 11) is 1.53. The molecule has 30 heavy (non-hydrogen) atoms. The van der Waals surface area contributed by atoms with Crippen molar-refractivity contribution in [1.82, 2.24) is 30.1 Å². The lowest BCUT2D eigenvalue weighted by Crippen LogP contribution is -2.50. The summed E-state index contributed by atoms with van der Waals surface area (Å²) in [5, 5.41) is 21.3. The number of amides is 3. The van der Waals surface area contributed by atoms with E-state index in [0.29, 0.717) is 31.8 Å². The normalized spacial score (nSPS) is 26.0. The maximum atomic E-state index is 13.7. The third-order valence-electron chi connectivity index (χ3n) is 6.60. The van der Waals surface area contributed by atoms with Gasteiger partial charge in [0.05, 0.1) is 11.8 Å². The van der Waals surface area contributed by atoms with Crippen LogP contribution in [0.5, 0.6) is 0 Å². The quantitative estimate of drug-likeness (QED) is 0.675. The Hall–Kier alpha value is -2.49. The van der Waals surface area contributed by atoms with Gasteiger partial charge in [-0.15, -0.1) is 5.10 Å². The molecule has 2 aliphatic heterocycles. The fourth-order valence-electron chi connectivity index (χ4n) is 4.70. The van der Waals surface area contributed by atoms with Gasteiger partial charge < -0.3 is 20.2 Å². The van der Waals surface area contributed by atoms with Crippen LogP contribution < -0.4 is 5.32 Å². The molecule has 3 amide bonds. The summed E-state index contributed by atoms with van der Waals surface area (Å²) in [6.07, 6.45) is 4.89. The highest BCUT2D eigenvalue weighted by Crippen LogP contribution is 2.40. The molecule has 0 aromatic carbocycles. The Morgan fingerprint density at radius 2 is 1.90 bits per heavy atom. The lowest BCUT2D eigenvalue weighted by Gasteiger charge is -2.37. The van der Waals surface area contributed by atoms with Crippen LogP contribution in [0.4, 0.5) is 0 Å². The smallest absolute Gasteiger partial charge is 0.248 e. The van der Waals surface area contributed by atoms with Crippen LogP contribution in [0.2, 0.25) is 0 Å². The minimum absolute atomic E-state index is 0.0232. The SMILES string of the molecule is CNC(=O)[C@@H]1C[C@@H](O)CN1C(=O)[C@H](C1CCN(C(C)=O)CC1)n1cc(C2CC2)nn1. The Kier molecular flexibility index (Phi) is 5.77. The monoisotopic (exact) mass is 418 g/mol. The lowest BCUT2D eigenvalue weighted by molar-refractivity contribution is -0.143. The van der Waals surface area contributed by atoms with Gasteiger partial charge >= 0.3 is 0 Å². The molecule has 2 saturated heterocycles. The zero-order chi connectivity index (χ0) is 21.4. The largest absolute Gasteiger partial charge is 0.391 e. The molecule has 3 fully saturated rings. The second-order valence-electron chi connectivity index (χ2n) is 8.70. The minimum atomic E-state index is -0.728. The van der Waals surface area contributed by atoms with Crippen molar-refractivity contribution in [3.8, 4) is 0 Å². The number of piperidine rings is 1. The van der Waals surface area contributed by atoms with Crippen molar-refractivity contribution < 1.29 is 19.5 Å². The number of likely N-dealkylation sites (N-methyl/N-ethyl adjacent to an activating group) is 1. The second-order valence-corrected chi connectivity index (χ2v) is 8.70. The molecule has 1 aromatic heterocycles. The molecule has 1 saturated carbocycles. The lowest BCUT2D eigenvalue weighted by atomic mass is 9.88. The van der Waals surface area contributed by atoms with E-state index in [2.05, 4.69) is 15.6 Å². The van der Waals surface area contributed by atoms with Gasteiger partial charge in [-0.25, -0.2) is 4.68 Å². The van der Waals surface area contributed by atoms with Crippen LogP contribution in [0.3, 0.4) is 0 Å². The number of β-amino-alcohol motifs (C(OH)–C–C–N with tert-alkyl or cyclic N) is 1. The summed E-state index contributed by atoms with van der Waals surface area (Å²) in [5.41, 5.74) is 0.901. The molecule has 0 radical (unpaired) electrons. The van der Waals surface area contributed by atoms with Crippen LogP contribution in [-0.4, -0.2) is 86.4 Å². The summed E-state index contributed by atoms with van der Waals surface area (Å²) in [6, 6.07) is -1.29. The summed E-state index contributed by atoms with van der Waals surface area (Å²) < 4.78 is 1.65. The first-order chi connectivity index (χ1) is 14.4. The summed E-state index contributed by atoms with van der Waals surface area (Å²) >= 11 is 0. The third-order valence-corrected chi connectivity index (χ3v) is 6.60. The van der Waals surface area contributed by atoms with Gasteiger partial charge in [0, 0.05) is 52.1 Å². The standard InChI is InChI=1S/C20H30N6O4/c1-12(27)24-7-5-14(6-8-24)18(26-11-16(22-23-26)13-3-4-13)20(30)25-10-15(28)9-17(25)19(29)21-2/h11,13-15,17-18,28H,3-10H2,1-2H3,(H,21,29)/t15-,17+,18+/m1/s1. The first-order valence-electron chi connectivity index (χ1n) is 10.8. The zero-order valence-corrected chi connectivity index (χ0v) is 17.5.